The van der Waals surface area contributed by atoms with Crippen LogP contribution in [0.4, 0.5) is 0 Å². The SMILES string of the molecule is CC[C@@H]1O[C@H]1C(=O)c1ccccc1. The molecule has 1 fully saturated rings. The van der Waals surface area contributed by atoms with Crippen molar-refractivity contribution in [3.8, 4) is 0 Å². The molecular formula is C11H12O2. The van der Waals surface area contributed by atoms with E-state index in [1.165, 1.54) is 0 Å². The average Bonchev–Trinajstić information content (AvgIpc) is 2.97. The maximum atomic E-state index is 11.7. The Balaban J connectivity index is 2.07. The van der Waals surface area contributed by atoms with Crippen molar-refractivity contribution in [3.05, 3.63) is 35.9 Å². The zero-order valence-electron chi connectivity index (χ0n) is 7.57. The standard InChI is InChI=1S/C11H12O2/c1-2-9-11(13-9)10(12)8-6-4-3-5-7-8/h3-7,9,11H,2H2,1H3/t9-,11+/m0/s1. The van der Waals surface area contributed by atoms with Crippen molar-refractivity contribution in [3.63, 3.8) is 0 Å². The smallest absolute Gasteiger partial charge is 0.194 e. The van der Waals surface area contributed by atoms with E-state index in [4.69, 9.17) is 4.74 Å². The monoisotopic (exact) mass is 176 g/mol. The highest BCUT2D eigenvalue weighted by molar-refractivity contribution is 6.01. The number of carbonyl (C=O) groups is 1. The summed E-state index contributed by atoms with van der Waals surface area (Å²) in [5.74, 6) is 0.118. The average molecular weight is 176 g/mol. The van der Waals surface area contributed by atoms with Crippen LogP contribution < -0.4 is 0 Å². The number of ketones is 1. The van der Waals surface area contributed by atoms with Gasteiger partial charge in [0.2, 0.25) is 0 Å². The molecule has 1 aliphatic heterocycles. The van der Waals surface area contributed by atoms with Crippen LogP contribution >= 0.6 is 0 Å². The number of carbonyl (C=O) groups excluding carboxylic acids is 1. The second-order valence-corrected chi connectivity index (χ2v) is 3.23. The quantitative estimate of drug-likeness (QED) is 0.521. The Morgan fingerprint density at radius 3 is 2.62 bits per heavy atom. The number of hydrogen-bond donors (Lipinski definition) is 0. The molecule has 0 saturated carbocycles. The lowest BCUT2D eigenvalue weighted by Crippen LogP contribution is -2.09. The fourth-order valence-corrected chi connectivity index (χ4v) is 1.45. The van der Waals surface area contributed by atoms with Gasteiger partial charge in [0.05, 0.1) is 6.10 Å². The molecule has 0 N–H and O–H groups in total. The molecule has 0 spiro atoms. The Hall–Kier alpha value is -1.15. The van der Waals surface area contributed by atoms with Crippen LogP contribution in [0.25, 0.3) is 0 Å². The number of benzene rings is 1. The summed E-state index contributed by atoms with van der Waals surface area (Å²) in [6, 6.07) is 9.31. The maximum Gasteiger partial charge on any atom is 0.194 e. The van der Waals surface area contributed by atoms with E-state index in [2.05, 4.69) is 0 Å². The minimum Gasteiger partial charge on any atom is -0.361 e. The molecule has 1 saturated heterocycles. The molecule has 2 atom stereocenters. The lowest BCUT2D eigenvalue weighted by molar-refractivity contribution is 0.0953. The summed E-state index contributed by atoms with van der Waals surface area (Å²) in [6.07, 6.45) is 0.906. The first-order valence-corrected chi connectivity index (χ1v) is 4.57. The molecule has 1 heterocycles. The molecule has 13 heavy (non-hydrogen) atoms. The van der Waals surface area contributed by atoms with E-state index in [0.717, 1.165) is 12.0 Å². The summed E-state index contributed by atoms with van der Waals surface area (Å²) in [4.78, 5) is 11.7. The van der Waals surface area contributed by atoms with E-state index in [0.29, 0.717) is 0 Å². The maximum absolute atomic E-state index is 11.7. The largest absolute Gasteiger partial charge is 0.361 e. The van der Waals surface area contributed by atoms with Gasteiger partial charge in [0.1, 0.15) is 6.10 Å². The van der Waals surface area contributed by atoms with Gasteiger partial charge in [0, 0.05) is 5.56 Å². The first-order chi connectivity index (χ1) is 6.33. The van der Waals surface area contributed by atoms with Crippen LogP contribution in [0, 0.1) is 0 Å². The van der Waals surface area contributed by atoms with Crippen molar-refractivity contribution < 1.29 is 9.53 Å². The van der Waals surface area contributed by atoms with E-state index in [1.54, 1.807) is 0 Å². The highest BCUT2D eigenvalue weighted by Crippen LogP contribution is 2.28. The summed E-state index contributed by atoms with van der Waals surface area (Å²) in [5.41, 5.74) is 0.753. The van der Waals surface area contributed by atoms with Crippen LogP contribution in [-0.2, 0) is 4.74 Å². The van der Waals surface area contributed by atoms with E-state index >= 15 is 0 Å². The molecule has 68 valence electrons. The molecule has 0 aliphatic carbocycles. The van der Waals surface area contributed by atoms with Gasteiger partial charge in [-0.05, 0) is 6.42 Å². The van der Waals surface area contributed by atoms with Crippen LogP contribution in [0.2, 0.25) is 0 Å². The molecule has 2 rings (SSSR count). The van der Waals surface area contributed by atoms with Gasteiger partial charge in [0.25, 0.3) is 0 Å². The zero-order chi connectivity index (χ0) is 9.26. The molecule has 1 aromatic rings. The summed E-state index contributed by atoms with van der Waals surface area (Å²) in [6.45, 7) is 2.03. The molecule has 0 bridgehead atoms. The van der Waals surface area contributed by atoms with E-state index in [9.17, 15) is 4.79 Å². The fraction of sp³-hybridized carbons (Fsp3) is 0.364. The van der Waals surface area contributed by atoms with Crippen molar-refractivity contribution in [1.82, 2.24) is 0 Å². The van der Waals surface area contributed by atoms with Gasteiger partial charge < -0.3 is 4.74 Å². The Kier molecular flexibility index (Phi) is 2.15. The topological polar surface area (TPSA) is 29.6 Å². The van der Waals surface area contributed by atoms with Crippen LogP contribution in [-0.4, -0.2) is 18.0 Å². The highest BCUT2D eigenvalue weighted by Gasteiger charge is 2.43. The number of Topliss-reactive ketones (excluding diaryl/α,β-unsaturated/α-hetero) is 1. The van der Waals surface area contributed by atoms with Gasteiger partial charge in [-0.25, -0.2) is 0 Å². The number of epoxide rings is 1. The Bertz CT molecular complexity index is 305. The van der Waals surface area contributed by atoms with E-state index < -0.39 is 0 Å². The predicted molar refractivity (Wildman–Crippen MR) is 49.7 cm³/mol. The van der Waals surface area contributed by atoms with Gasteiger partial charge in [-0.15, -0.1) is 0 Å². The van der Waals surface area contributed by atoms with Crippen LogP contribution in [0.15, 0.2) is 30.3 Å². The predicted octanol–water partition coefficient (Wildman–Crippen LogP) is 2.05. The molecule has 0 radical (unpaired) electrons. The first kappa shape index (κ1) is 8.45. The molecular weight excluding hydrogens is 164 g/mol. The van der Waals surface area contributed by atoms with Crippen LogP contribution in [0.1, 0.15) is 23.7 Å². The highest BCUT2D eigenvalue weighted by atomic mass is 16.6. The summed E-state index contributed by atoms with van der Waals surface area (Å²) < 4.78 is 5.23. The normalized spacial score (nSPS) is 25.6. The second-order valence-electron chi connectivity index (χ2n) is 3.23. The van der Waals surface area contributed by atoms with Crippen molar-refractivity contribution in [1.29, 1.82) is 0 Å². The number of hydrogen-bond acceptors (Lipinski definition) is 2. The minimum atomic E-state index is -0.174. The minimum absolute atomic E-state index is 0.118. The van der Waals surface area contributed by atoms with Crippen molar-refractivity contribution in [2.45, 2.75) is 25.6 Å². The Morgan fingerprint density at radius 2 is 2.08 bits per heavy atom. The summed E-state index contributed by atoms with van der Waals surface area (Å²) in [7, 11) is 0. The molecule has 0 aromatic heterocycles. The second kappa shape index (κ2) is 3.30. The first-order valence-electron chi connectivity index (χ1n) is 4.57. The van der Waals surface area contributed by atoms with Gasteiger partial charge in [-0.2, -0.15) is 0 Å². The molecule has 0 amide bonds. The zero-order valence-corrected chi connectivity index (χ0v) is 7.57. The van der Waals surface area contributed by atoms with Crippen LogP contribution in [0.3, 0.4) is 0 Å². The van der Waals surface area contributed by atoms with Crippen molar-refractivity contribution in [2.24, 2.45) is 0 Å². The summed E-state index contributed by atoms with van der Waals surface area (Å²) >= 11 is 0. The molecule has 1 aromatic carbocycles. The number of ether oxygens (including phenoxy) is 1. The van der Waals surface area contributed by atoms with Crippen LogP contribution in [0.5, 0.6) is 0 Å². The number of rotatable bonds is 3. The van der Waals surface area contributed by atoms with Gasteiger partial charge in [-0.1, -0.05) is 37.3 Å². The van der Waals surface area contributed by atoms with Gasteiger partial charge in [-0.3, -0.25) is 4.79 Å². The summed E-state index contributed by atoms with van der Waals surface area (Å²) in [5, 5.41) is 0. The van der Waals surface area contributed by atoms with Gasteiger partial charge in [0.15, 0.2) is 5.78 Å². The van der Waals surface area contributed by atoms with E-state index in [1.807, 2.05) is 37.3 Å². The fourth-order valence-electron chi connectivity index (χ4n) is 1.45. The lowest BCUT2D eigenvalue weighted by atomic mass is 10.1. The third kappa shape index (κ3) is 1.63. The van der Waals surface area contributed by atoms with E-state index in [-0.39, 0.29) is 18.0 Å². The Labute approximate surface area is 77.5 Å². The molecule has 0 unspecified atom stereocenters. The van der Waals surface area contributed by atoms with Gasteiger partial charge >= 0.3 is 0 Å². The molecule has 1 aliphatic rings. The third-order valence-electron chi connectivity index (χ3n) is 2.30. The third-order valence-corrected chi connectivity index (χ3v) is 2.30. The Morgan fingerprint density at radius 1 is 1.38 bits per heavy atom. The van der Waals surface area contributed by atoms with Crippen molar-refractivity contribution >= 4 is 5.78 Å². The van der Waals surface area contributed by atoms with Crippen molar-refractivity contribution in [2.75, 3.05) is 0 Å². The molecule has 2 heteroatoms. The lowest BCUT2D eigenvalue weighted by Gasteiger charge is -1.94. The molecule has 2 nitrogen and oxygen atoms in total.